The van der Waals surface area contributed by atoms with E-state index in [9.17, 15) is 0 Å². The summed E-state index contributed by atoms with van der Waals surface area (Å²) in [4.78, 5) is 1.64. The molecule has 0 aromatic heterocycles. The maximum absolute atomic E-state index is 8.45. The van der Waals surface area contributed by atoms with Gasteiger partial charge in [0.05, 0.1) is 6.85 Å². The van der Waals surface area contributed by atoms with Gasteiger partial charge in [-0.05, 0) is 53.5 Å². The lowest BCUT2D eigenvalue weighted by molar-refractivity contribution is 1.28. The summed E-state index contributed by atoms with van der Waals surface area (Å²) in [5.41, 5.74) is 3.39. The summed E-state index contributed by atoms with van der Waals surface area (Å²) in [6, 6.07) is 22.8. The quantitative estimate of drug-likeness (QED) is 0.364. The maximum Gasteiger partial charge on any atom is 0.0645 e. The van der Waals surface area contributed by atoms with Crippen LogP contribution in [0, 0.1) is 0 Å². The highest BCUT2D eigenvalue weighted by Crippen LogP contribution is 2.36. The lowest BCUT2D eigenvalue weighted by Gasteiger charge is -2.25. The van der Waals surface area contributed by atoms with Gasteiger partial charge in [-0.15, -0.1) is 0 Å². The van der Waals surface area contributed by atoms with E-state index in [1.54, 1.807) is 29.2 Å². The van der Waals surface area contributed by atoms with Gasteiger partial charge in [0.25, 0.3) is 0 Å². The molecular formula is C24H18ClN. The first kappa shape index (κ1) is 11.6. The van der Waals surface area contributed by atoms with Crippen molar-refractivity contribution < 1.29 is 6.85 Å². The predicted molar refractivity (Wildman–Crippen MR) is 112 cm³/mol. The highest BCUT2D eigenvalue weighted by Gasteiger charge is 2.12. The molecule has 126 valence electrons. The largest absolute Gasteiger partial charge is 0.310 e. The van der Waals surface area contributed by atoms with Crippen LogP contribution in [0.1, 0.15) is 6.85 Å². The van der Waals surface area contributed by atoms with E-state index < -0.39 is 6.04 Å². The van der Waals surface area contributed by atoms with E-state index >= 15 is 0 Å². The number of halogens is 1. The zero-order valence-electron chi connectivity index (χ0n) is 18.8. The van der Waals surface area contributed by atoms with Crippen LogP contribution in [0.15, 0.2) is 109 Å². The van der Waals surface area contributed by atoms with Gasteiger partial charge in [0, 0.05) is 22.1 Å². The Morgan fingerprint density at radius 3 is 2.00 bits per heavy atom. The molecule has 4 rings (SSSR count). The molecule has 0 atom stereocenters. The van der Waals surface area contributed by atoms with E-state index in [0.29, 0.717) is 16.4 Å². The molecular weight excluding hydrogens is 338 g/mol. The monoisotopic (exact) mass is 360 g/mol. The average molecular weight is 361 g/mol. The van der Waals surface area contributed by atoms with E-state index in [1.165, 1.54) is 0 Å². The third-order valence-electron chi connectivity index (χ3n) is 4.01. The molecule has 0 aliphatic heterocycles. The van der Waals surface area contributed by atoms with Crippen molar-refractivity contribution in [2.45, 2.75) is 0 Å². The first-order chi connectivity index (χ1) is 14.9. The second-order valence-corrected chi connectivity index (χ2v) is 6.14. The molecule has 0 saturated heterocycles. The van der Waals surface area contributed by atoms with E-state index in [4.69, 9.17) is 18.5 Å². The summed E-state index contributed by atoms with van der Waals surface area (Å²) in [5, 5.41) is 0.482. The summed E-state index contributed by atoms with van der Waals surface area (Å²) in [5.74, 6) is 0. The van der Waals surface area contributed by atoms with Gasteiger partial charge in [-0.1, -0.05) is 78.3 Å². The van der Waals surface area contributed by atoms with E-state index in [2.05, 4.69) is 0 Å². The topological polar surface area (TPSA) is 3.24 Å². The van der Waals surface area contributed by atoms with Crippen LogP contribution >= 0.6 is 11.6 Å². The number of hydrogen-bond acceptors (Lipinski definition) is 1. The third-order valence-corrected chi connectivity index (χ3v) is 4.24. The summed E-state index contributed by atoms with van der Waals surface area (Å²) in [6.07, 6.45) is 0. The SMILES string of the molecule is [2H]c1c([2H])c([2H])c(N(c2ccc(-c3ccccc3)cc2)c2cccc(Cl)c2)c([2H])c1[2H]. The van der Waals surface area contributed by atoms with Crippen LogP contribution in [0.2, 0.25) is 5.02 Å². The fourth-order valence-corrected chi connectivity index (χ4v) is 3.00. The molecule has 0 saturated carbocycles. The molecule has 0 radical (unpaired) electrons. The van der Waals surface area contributed by atoms with Gasteiger partial charge in [0.1, 0.15) is 0 Å². The van der Waals surface area contributed by atoms with Crippen LogP contribution < -0.4 is 4.90 Å². The number of rotatable bonds is 4. The summed E-state index contributed by atoms with van der Waals surface area (Å²) in [7, 11) is 0. The lowest BCUT2D eigenvalue weighted by Crippen LogP contribution is -2.09. The van der Waals surface area contributed by atoms with Crippen LogP contribution in [-0.4, -0.2) is 0 Å². The lowest BCUT2D eigenvalue weighted by atomic mass is 10.0. The molecule has 1 nitrogen and oxygen atoms in total. The Kier molecular flexibility index (Phi) is 3.32. The van der Waals surface area contributed by atoms with Crippen LogP contribution in [0.3, 0.4) is 0 Å². The standard InChI is InChI=1S/C24H18ClN/c25-21-10-7-13-24(18-21)26(22-11-5-2-6-12-22)23-16-14-20(15-17-23)19-8-3-1-4-9-19/h1-18H/i2D,5D,6D,11D,12D. The van der Waals surface area contributed by atoms with Gasteiger partial charge >= 0.3 is 0 Å². The molecule has 0 amide bonds. The van der Waals surface area contributed by atoms with Crippen molar-refractivity contribution in [2.75, 3.05) is 4.90 Å². The molecule has 26 heavy (non-hydrogen) atoms. The van der Waals surface area contributed by atoms with Crippen LogP contribution in [0.4, 0.5) is 17.1 Å². The minimum atomic E-state index is -0.427. The Balaban J connectivity index is 1.92. The molecule has 0 fully saturated rings. The Bertz CT molecular complexity index is 1210. The number of hydrogen-bond donors (Lipinski definition) is 0. The van der Waals surface area contributed by atoms with Crippen molar-refractivity contribution in [3.05, 3.63) is 114 Å². The van der Waals surface area contributed by atoms with Crippen LogP contribution in [0.5, 0.6) is 0 Å². The summed E-state index contributed by atoms with van der Waals surface area (Å²) >= 11 is 6.21. The van der Waals surface area contributed by atoms with Crippen molar-refractivity contribution >= 4 is 28.7 Å². The van der Waals surface area contributed by atoms with Gasteiger partial charge in [-0.2, -0.15) is 0 Å². The van der Waals surface area contributed by atoms with Crippen LogP contribution in [-0.2, 0) is 0 Å². The van der Waals surface area contributed by atoms with Crippen molar-refractivity contribution in [3.8, 4) is 11.1 Å². The van der Waals surface area contributed by atoms with E-state index in [1.807, 2.05) is 54.6 Å². The van der Waals surface area contributed by atoms with Gasteiger partial charge in [0.2, 0.25) is 0 Å². The summed E-state index contributed by atoms with van der Waals surface area (Å²) in [6.45, 7) is 0. The average Bonchev–Trinajstić information content (AvgIpc) is 2.80. The second kappa shape index (κ2) is 7.47. The molecule has 0 bridgehead atoms. The molecule has 4 aromatic rings. The van der Waals surface area contributed by atoms with Gasteiger partial charge in [-0.25, -0.2) is 0 Å². The number of benzene rings is 4. The summed E-state index contributed by atoms with van der Waals surface area (Å²) < 4.78 is 41.0. The van der Waals surface area contributed by atoms with Crippen molar-refractivity contribution in [3.63, 3.8) is 0 Å². The molecule has 0 heterocycles. The third kappa shape index (κ3) is 3.49. The van der Waals surface area contributed by atoms with Gasteiger partial charge in [0.15, 0.2) is 0 Å². The molecule has 0 spiro atoms. The van der Waals surface area contributed by atoms with Crippen molar-refractivity contribution in [1.29, 1.82) is 0 Å². The van der Waals surface area contributed by atoms with Gasteiger partial charge < -0.3 is 4.90 Å². The minimum Gasteiger partial charge on any atom is -0.310 e. The first-order valence-corrected chi connectivity index (χ1v) is 8.54. The zero-order valence-corrected chi connectivity index (χ0v) is 14.6. The number of para-hydroxylation sites is 1. The molecule has 0 N–H and O–H groups in total. The van der Waals surface area contributed by atoms with E-state index in [-0.39, 0.29) is 29.9 Å². The Hall–Kier alpha value is -3.03. The Morgan fingerprint density at radius 2 is 1.31 bits per heavy atom. The molecule has 0 aliphatic rings. The first-order valence-electron chi connectivity index (χ1n) is 10.7. The normalized spacial score (nSPS) is 13.2. The molecule has 0 aliphatic carbocycles. The maximum atomic E-state index is 8.45. The van der Waals surface area contributed by atoms with Gasteiger partial charge in [-0.3, -0.25) is 0 Å². The highest BCUT2D eigenvalue weighted by molar-refractivity contribution is 6.30. The minimum absolute atomic E-state index is 0.0701. The number of anilines is 3. The fraction of sp³-hybridized carbons (Fsp3) is 0. The van der Waals surface area contributed by atoms with Crippen LogP contribution in [0.25, 0.3) is 11.1 Å². The Morgan fingerprint density at radius 1 is 0.615 bits per heavy atom. The number of nitrogens with zero attached hydrogens (tertiary/aromatic N) is 1. The molecule has 4 aromatic carbocycles. The van der Waals surface area contributed by atoms with Crippen molar-refractivity contribution in [2.24, 2.45) is 0 Å². The predicted octanol–water partition coefficient (Wildman–Crippen LogP) is 7.48. The van der Waals surface area contributed by atoms with E-state index in [0.717, 1.165) is 11.1 Å². The fourth-order valence-electron chi connectivity index (χ4n) is 2.81. The molecule has 2 heteroatoms. The molecule has 0 unspecified atom stereocenters. The van der Waals surface area contributed by atoms with Crippen molar-refractivity contribution in [1.82, 2.24) is 0 Å². The Labute approximate surface area is 166 Å². The second-order valence-electron chi connectivity index (χ2n) is 5.70. The highest BCUT2D eigenvalue weighted by atomic mass is 35.5. The smallest absolute Gasteiger partial charge is 0.0645 e. The zero-order chi connectivity index (χ0) is 22.1.